The maximum atomic E-state index is 2.48. The standard InChI is InChI=1S/C54H45N/c1-37-12-4-7-15-47(37)43-28-32-50(49-17-9-6-14-39(49)3)45(35-43)34-42-24-22-40(23-25-42)20-21-41-26-30-46(31-27-41)55-53-19-11-10-18-51(53)52-33-29-44(36-54(52)55)48-16-8-5-13-38(48)2/h4-27,29-31,33,35-36H,28,32,34H2,1-3H3/b21-20+. The number of para-hydroxylation sites is 1. The summed E-state index contributed by atoms with van der Waals surface area (Å²) >= 11 is 0. The molecule has 1 aromatic heterocycles. The summed E-state index contributed by atoms with van der Waals surface area (Å²) in [6, 6.07) is 60.0. The maximum Gasteiger partial charge on any atom is 0.0547 e. The van der Waals surface area contributed by atoms with Crippen molar-refractivity contribution >= 4 is 45.1 Å². The average Bonchev–Trinajstić information content (AvgIpc) is 3.55. The van der Waals surface area contributed by atoms with Crippen molar-refractivity contribution < 1.29 is 0 Å². The minimum absolute atomic E-state index is 0.916. The van der Waals surface area contributed by atoms with E-state index >= 15 is 0 Å². The van der Waals surface area contributed by atoms with E-state index in [4.69, 9.17) is 0 Å². The molecule has 266 valence electrons. The van der Waals surface area contributed by atoms with Crippen LogP contribution in [0.25, 0.3) is 61.9 Å². The Hall–Kier alpha value is -6.44. The van der Waals surface area contributed by atoms with Crippen molar-refractivity contribution in [1.29, 1.82) is 0 Å². The van der Waals surface area contributed by atoms with Crippen LogP contribution < -0.4 is 0 Å². The molecule has 0 bridgehead atoms. The van der Waals surface area contributed by atoms with E-state index in [9.17, 15) is 0 Å². The fraction of sp³-hybridized carbons (Fsp3) is 0.111. The highest BCUT2D eigenvalue weighted by molar-refractivity contribution is 6.10. The molecule has 9 rings (SSSR count). The number of hydrogen-bond donors (Lipinski definition) is 0. The van der Waals surface area contributed by atoms with E-state index in [1.165, 1.54) is 94.2 Å². The molecule has 0 fully saturated rings. The zero-order valence-electron chi connectivity index (χ0n) is 31.9. The van der Waals surface area contributed by atoms with Gasteiger partial charge in [0.15, 0.2) is 0 Å². The van der Waals surface area contributed by atoms with Crippen molar-refractivity contribution in [3.8, 4) is 16.8 Å². The van der Waals surface area contributed by atoms with E-state index in [0.29, 0.717) is 0 Å². The minimum Gasteiger partial charge on any atom is -0.309 e. The molecule has 1 nitrogen and oxygen atoms in total. The first kappa shape index (κ1) is 34.3. The van der Waals surface area contributed by atoms with E-state index in [0.717, 1.165) is 24.9 Å². The molecule has 0 unspecified atom stereocenters. The van der Waals surface area contributed by atoms with Gasteiger partial charge in [-0.2, -0.15) is 0 Å². The van der Waals surface area contributed by atoms with Crippen LogP contribution in [0.5, 0.6) is 0 Å². The van der Waals surface area contributed by atoms with Gasteiger partial charge in [0.05, 0.1) is 11.0 Å². The predicted molar refractivity (Wildman–Crippen MR) is 237 cm³/mol. The molecule has 0 radical (unpaired) electrons. The monoisotopic (exact) mass is 707 g/mol. The number of allylic oxidation sites excluding steroid dienone is 4. The smallest absolute Gasteiger partial charge is 0.0547 e. The minimum atomic E-state index is 0.916. The number of aromatic nitrogens is 1. The fourth-order valence-corrected chi connectivity index (χ4v) is 8.52. The van der Waals surface area contributed by atoms with Crippen molar-refractivity contribution in [3.05, 3.63) is 220 Å². The van der Waals surface area contributed by atoms with Crippen molar-refractivity contribution in [2.45, 2.75) is 40.0 Å². The third-order valence-corrected chi connectivity index (χ3v) is 11.5. The molecule has 0 spiro atoms. The molecule has 55 heavy (non-hydrogen) atoms. The van der Waals surface area contributed by atoms with Gasteiger partial charge < -0.3 is 4.57 Å². The van der Waals surface area contributed by atoms with Gasteiger partial charge in [-0.1, -0.05) is 158 Å². The summed E-state index contributed by atoms with van der Waals surface area (Å²) in [6.07, 6.45) is 9.97. The Labute approximate surface area is 325 Å². The lowest BCUT2D eigenvalue weighted by molar-refractivity contribution is 1.02. The van der Waals surface area contributed by atoms with Crippen LogP contribution in [-0.4, -0.2) is 4.57 Å². The van der Waals surface area contributed by atoms with Crippen LogP contribution in [0.15, 0.2) is 175 Å². The second kappa shape index (κ2) is 14.8. The Kier molecular flexibility index (Phi) is 9.22. The lowest BCUT2D eigenvalue weighted by Crippen LogP contribution is -2.04. The Balaban J connectivity index is 0.978. The Bertz CT molecular complexity index is 2780. The van der Waals surface area contributed by atoms with Crippen LogP contribution in [0.2, 0.25) is 0 Å². The summed E-state index contributed by atoms with van der Waals surface area (Å²) in [6.45, 7) is 6.65. The molecule has 1 heteroatoms. The van der Waals surface area contributed by atoms with Crippen molar-refractivity contribution in [1.82, 2.24) is 4.57 Å². The molecule has 1 aliphatic rings. The first-order valence-electron chi connectivity index (χ1n) is 19.5. The number of aryl methyl sites for hydroxylation is 3. The van der Waals surface area contributed by atoms with Gasteiger partial charge in [0.25, 0.3) is 0 Å². The van der Waals surface area contributed by atoms with E-state index in [1.54, 1.807) is 0 Å². The number of hydrogen-bond acceptors (Lipinski definition) is 0. The lowest BCUT2D eigenvalue weighted by atomic mass is 9.81. The molecule has 0 amide bonds. The zero-order valence-corrected chi connectivity index (χ0v) is 31.9. The van der Waals surface area contributed by atoms with Crippen LogP contribution in [0.4, 0.5) is 0 Å². The molecule has 0 N–H and O–H groups in total. The normalized spacial score (nSPS) is 13.3. The van der Waals surface area contributed by atoms with Gasteiger partial charge in [0.2, 0.25) is 0 Å². The maximum absolute atomic E-state index is 2.48. The molecule has 1 aliphatic carbocycles. The zero-order chi connectivity index (χ0) is 37.3. The van der Waals surface area contributed by atoms with Gasteiger partial charge in [-0.3, -0.25) is 0 Å². The molecule has 0 saturated heterocycles. The molecule has 0 saturated carbocycles. The van der Waals surface area contributed by atoms with Gasteiger partial charge in [0, 0.05) is 16.5 Å². The highest BCUT2D eigenvalue weighted by atomic mass is 15.0. The first-order valence-corrected chi connectivity index (χ1v) is 19.5. The number of fused-ring (bicyclic) bond motifs is 3. The molecule has 8 aromatic rings. The van der Waals surface area contributed by atoms with Gasteiger partial charge in [0.1, 0.15) is 0 Å². The molecular weight excluding hydrogens is 663 g/mol. The number of nitrogens with zero attached hydrogens (tertiary/aromatic N) is 1. The topological polar surface area (TPSA) is 4.93 Å². The van der Waals surface area contributed by atoms with E-state index < -0.39 is 0 Å². The van der Waals surface area contributed by atoms with Gasteiger partial charge in [-0.05, 0) is 137 Å². The third-order valence-electron chi connectivity index (χ3n) is 11.5. The van der Waals surface area contributed by atoms with Crippen molar-refractivity contribution in [3.63, 3.8) is 0 Å². The van der Waals surface area contributed by atoms with Gasteiger partial charge >= 0.3 is 0 Å². The van der Waals surface area contributed by atoms with Gasteiger partial charge in [-0.25, -0.2) is 0 Å². The summed E-state index contributed by atoms with van der Waals surface area (Å²) < 4.78 is 2.41. The summed E-state index contributed by atoms with van der Waals surface area (Å²) in [4.78, 5) is 0. The van der Waals surface area contributed by atoms with Crippen LogP contribution in [0.3, 0.4) is 0 Å². The molecule has 0 aliphatic heterocycles. The van der Waals surface area contributed by atoms with Crippen molar-refractivity contribution in [2.75, 3.05) is 0 Å². The largest absolute Gasteiger partial charge is 0.309 e. The molecule has 0 atom stereocenters. The summed E-state index contributed by atoms with van der Waals surface area (Å²) in [5.74, 6) is 0. The van der Waals surface area contributed by atoms with E-state index in [-0.39, 0.29) is 0 Å². The van der Waals surface area contributed by atoms with Crippen LogP contribution in [0.1, 0.15) is 57.3 Å². The summed E-state index contributed by atoms with van der Waals surface area (Å²) in [7, 11) is 0. The molecule has 7 aromatic carbocycles. The predicted octanol–water partition coefficient (Wildman–Crippen LogP) is 14.4. The Morgan fingerprint density at radius 2 is 1.05 bits per heavy atom. The van der Waals surface area contributed by atoms with Crippen LogP contribution in [-0.2, 0) is 6.42 Å². The van der Waals surface area contributed by atoms with E-state index in [1.807, 2.05) is 0 Å². The SMILES string of the molecule is Cc1ccccc1C1=CC(Cc2ccc(/C=C/c3ccc(-n4c5ccccc5c5ccc(-c6ccccc6C)cc54)cc3)cc2)=C(c2ccccc2C)CC1. The lowest BCUT2D eigenvalue weighted by Gasteiger charge is -2.23. The van der Waals surface area contributed by atoms with Gasteiger partial charge in [-0.15, -0.1) is 0 Å². The van der Waals surface area contributed by atoms with Crippen molar-refractivity contribution in [2.24, 2.45) is 0 Å². The quantitative estimate of drug-likeness (QED) is 0.139. The van der Waals surface area contributed by atoms with Crippen LogP contribution in [0, 0.1) is 20.8 Å². The second-order valence-corrected chi connectivity index (χ2v) is 15.0. The Morgan fingerprint density at radius 1 is 0.491 bits per heavy atom. The second-order valence-electron chi connectivity index (χ2n) is 15.0. The Morgan fingerprint density at radius 3 is 1.73 bits per heavy atom. The fourth-order valence-electron chi connectivity index (χ4n) is 8.52. The van der Waals surface area contributed by atoms with E-state index in [2.05, 4.69) is 207 Å². The highest BCUT2D eigenvalue weighted by Gasteiger charge is 2.19. The highest BCUT2D eigenvalue weighted by Crippen LogP contribution is 2.39. The summed E-state index contributed by atoms with van der Waals surface area (Å²) in [5, 5.41) is 2.55. The summed E-state index contributed by atoms with van der Waals surface area (Å²) in [5.41, 5.74) is 20.9. The number of rotatable bonds is 8. The first-order chi connectivity index (χ1) is 27.0. The number of benzene rings is 7. The average molecular weight is 708 g/mol. The third kappa shape index (κ3) is 6.79. The molecular formula is C54H45N. The molecule has 1 heterocycles. The van der Waals surface area contributed by atoms with Crippen LogP contribution >= 0.6 is 0 Å².